The first-order valence-corrected chi connectivity index (χ1v) is 15.5. The van der Waals surface area contributed by atoms with Gasteiger partial charge in [-0.2, -0.15) is 0 Å². The molecule has 0 aliphatic rings. The van der Waals surface area contributed by atoms with Crippen LogP contribution in [0.25, 0.3) is 0 Å². The molecule has 0 aromatic heterocycles. The highest BCUT2D eigenvalue weighted by Crippen LogP contribution is 2.36. The number of aliphatic hydroxyl groups is 1. The van der Waals surface area contributed by atoms with E-state index in [-0.39, 0.29) is 5.04 Å². The summed E-state index contributed by atoms with van der Waals surface area (Å²) in [6.07, 6.45) is 2.04. The van der Waals surface area contributed by atoms with Crippen LogP contribution in [0.2, 0.25) is 37.8 Å². The maximum atomic E-state index is 10.00. The molecular formula is C18H31IO2Si2. The van der Waals surface area contributed by atoms with E-state index in [9.17, 15) is 5.11 Å². The molecule has 0 unspecified atom stereocenters. The van der Waals surface area contributed by atoms with Crippen molar-refractivity contribution in [1.82, 2.24) is 0 Å². The van der Waals surface area contributed by atoms with Crippen molar-refractivity contribution in [3.63, 3.8) is 0 Å². The number of hydrogen-bond donors (Lipinski definition) is 1. The van der Waals surface area contributed by atoms with Gasteiger partial charge in [0.25, 0.3) is 0 Å². The van der Waals surface area contributed by atoms with E-state index in [4.69, 9.17) is 4.43 Å². The zero-order valence-corrected chi connectivity index (χ0v) is 20.0. The van der Waals surface area contributed by atoms with Crippen LogP contribution in [0.1, 0.15) is 27.2 Å². The summed E-state index contributed by atoms with van der Waals surface area (Å²) in [5, 5.41) is 10.2. The van der Waals surface area contributed by atoms with Gasteiger partial charge >= 0.3 is 0 Å². The fourth-order valence-corrected chi connectivity index (χ4v) is 3.20. The summed E-state index contributed by atoms with van der Waals surface area (Å²) >= 11 is 2.14. The van der Waals surface area contributed by atoms with Gasteiger partial charge in [0.15, 0.2) is 8.32 Å². The summed E-state index contributed by atoms with van der Waals surface area (Å²) in [7, 11) is -3.07. The van der Waals surface area contributed by atoms with E-state index in [1.807, 2.05) is 6.08 Å². The molecule has 0 aliphatic heterocycles. The van der Waals surface area contributed by atoms with E-state index < -0.39 is 22.5 Å². The maximum absolute atomic E-state index is 10.00. The van der Waals surface area contributed by atoms with Crippen LogP contribution >= 0.6 is 22.6 Å². The molecule has 0 fully saturated rings. The first kappa shape index (κ1) is 22.9. The van der Waals surface area contributed by atoms with Gasteiger partial charge in [0, 0.05) is 10.2 Å². The van der Waals surface area contributed by atoms with Crippen molar-refractivity contribution in [2.24, 2.45) is 0 Å². The largest absolute Gasteiger partial charge is 0.417 e. The number of rotatable bonds is 5. The lowest BCUT2D eigenvalue weighted by Gasteiger charge is -2.36. The lowest BCUT2D eigenvalue weighted by atomic mass is 10.2. The second-order valence-electron chi connectivity index (χ2n) is 8.16. The molecule has 0 spiro atoms. The molecule has 23 heavy (non-hydrogen) atoms. The van der Waals surface area contributed by atoms with Crippen LogP contribution in [0.4, 0.5) is 0 Å². The molecule has 5 heteroatoms. The molecule has 1 atom stereocenters. The van der Waals surface area contributed by atoms with Crippen molar-refractivity contribution >= 4 is 39.0 Å². The van der Waals surface area contributed by atoms with Gasteiger partial charge in [-0.05, 0) is 59.0 Å². The number of halogens is 1. The minimum Gasteiger partial charge on any atom is -0.417 e. The highest BCUT2D eigenvalue weighted by molar-refractivity contribution is 14.1. The summed E-state index contributed by atoms with van der Waals surface area (Å²) in [6, 6.07) is 0. The van der Waals surface area contributed by atoms with E-state index in [1.165, 1.54) is 0 Å². The topological polar surface area (TPSA) is 29.5 Å². The third kappa shape index (κ3) is 10.4. The Morgan fingerprint density at radius 3 is 2.22 bits per heavy atom. The standard InChI is InChI=1S/C18H31IO2Si2/c1-18(2,3)23(7,8)21-14-11-12-16(19)17(20)13-9-10-15-22(4,5)6/h12,17,20H,11,14H2,1-8H3/b16-12-/t17-/m0/s1. The second-order valence-corrected chi connectivity index (χ2v) is 19.0. The average molecular weight is 463 g/mol. The summed E-state index contributed by atoms with van der Waals surface area (Å²) in [5.41, 5.74) is 3.17. The van der Waals surface area contributed by atoms with Gasteiger partial charge in [-0.1, -0.05) is 52.4 Å². The Balaban J connectivity index is 4.46. The Morgan fingerprint density at radius 2 is 1.74 bits per heavy atom. The molecule has 0 rings (SSSR count). The van der Waals surface area contributed by atoms with Gasteiger partial charge < -0.3 is 9.53 Å². The Kier molecular flexibility index (Phi) is 9.41. The van der Waals surface area contributed by atoms with E-state index in [2.05, 4.69) is 99.4 Å². The van der Waals surface area contributed by atoms with Crippen molar-refractivity contribution in [2.75, 3.05) is 6.61 Å². The van der Waals surface area contributed by atoms with Crippen LogP contribution in [0.15, 0.2) is 9.66 Å². The van der Waals surface area contributed by atoms with Crippen LogP contribution in [0.5, 0.6) is 0 Å². The molecular weight excluding hydrogens is 431 g/mol. The average Bonchev–Trinajstić information content (AvgIpc) is 2.36. The van der Waals surface area contributed by atoms with Gasteiger partial charge in [0.1, 0.15) is 14.2 Å². The molecule has 0 aromatic rings. The summed E-state index contributed by atoms with van der Waals surface area (Å²) in [4.78, 5) is 0. The van der Waals surface area contributed by atoms with Gasteiger partial charge in [0.05, 0.1) is 0 Å². The fraction of sp³-hybridized carbons (Fsp3) is 0.667. The maximum Gasteiger partial charge on any atom is 0.191 e. The van der Waals surface area contributed by atoms with Gasteiger partial charge in [-0.25, -0.2) is 0 Å². The van der Waals surface area contributed by atoms with Crippen molar-refractivity contribution in [2.45, 2.75) is 71.1 Å². The third-order valence-electron chi connectivity index (χ3n) is 3.70. The van der Waals surface area contributed by atoms with Crippen molar-refractivity contribution in [3.05, 3.63) is 9.66 Å². The smallest absolute Gasteiger partial charge is 0.191 e. The number of hydrogen-bond acceptors (Lipinski definition) is 2. The van der Waals surface area contributed by atoms with E-state index in [0.29, 0.717) is 6.61 Å². The molecule has 0 radical (unpaired) electrons. The summed E-state index contributed by atoms with van der Waals surface area (Å²) < 4.78 is 6.95. The molecule has 0 saturated carbocycles. The van der Waals surface area contributed by atoms with Gasteiger partial charge in [-0.3, -0.25) is 0 Å². The lowest BCUT2D eigenvalue weighted by molar-refractivity contribution is 0.276. The molecule has 1 N–H and O–H groups in total. The molecule has 0 bridgehead atoms. The van der Waals surface area contributed by atoms with Crippen molar-refractivity contribution in [3.8, 4) is 23.3 Å². The highest BCUT2D eigenvalue weighted by atomic mass is 127. The van der Waals surface area contributed by atoms with Crippen molar-refractivity contribution < 1.29 is 9.53 Å². The van der Waals surface area contributed by atoms with Crippen LogP contribution in [-0.2, 0) is 4.43 Å². The molecule has 0 amide bonds. The van der Waals surface area contributed by atoms with Crippen LogP contribution in [-0.4, -0.2) is 34.2 Å². The Labute approximate surface area is 158 Å². The van der Waals surface area contributed by atoms with Gasteiger partial charge in [0.2, 0.25) is 0 Å². The minimum atomic E-state index is -1.68. The van der Waals surface area contributed by atoms with Gasteiger partial charge in [-0.15, -0.1) is 5.54 Å². The fourth-order valence-electron chi connectivity index (χ4n) is 1.23. The minimum absolute atomic E-state index is 0.226. The van der Waals surface area contributed by atoms with Crippen LogP contribution in [0, 0.1) is 23.3 Å². The monoisotopic (exact) mass is 462 g/mol. The first-order valence-electron chi connectivity index (χ1n) is 7.96. The predicted molar refractivity (Wildman–Crippen MR) is 115 cm³/mol. The van der Waals surface area contributed by atoms with E-state index >= 15 is 0 Å². The molecule has 2 nitrogen and oxygen atoms in total. The van der Waals surface area contributed by atoms with E-state index in [1.54, 1.807) is 0 Å². The first-order chi connectivity index (χ1) is 10.3. The summed E-state index contributed by atoms with van der Waals surface area (Å²) in [6.45, 7) is 18.4. The molecule has 0 heterocycles. The normalized spacial score (nSPS) is 14.4. The lowest BCUT2D eigenvalue weighted by Crippen LogP contribution is -2.40. The second kappa shape index (κ2) is 9.43. The summed E-state index contributed by atoms with van der Waals surface area (Å²) in [5.74, 6) is 8.40. The SMILES string of the molecule is CC(C)(C)[Si](C)(C)OCC/C=C(\I)[C@@H](O)C#CC#C[Si](C)(C)C. The molecule has 130 valence electrons. The Hall–Kier alpha value is -0.0562. The Morgan fingerprint density at radius 1 is 1.17 bits per heavy atom. The van der Waals surface area contributed by atoms with Crippen molar-refractivity contribution in [1.29, 1.82) is 0 Å². The van der Waals surface area contributed by atoms with Crippen LogP contribution in [0.3, 0.4) is 0 Å². The molecule has 0 aromatic carbocycles. The zero-order valence-electron chi connectivity index (χ0n) is 15.8. The van der Waals surface area contributed by atoms with Crippen LogP contribution < -0.4 is 0 Å². The highest BCUT2D eigenvalue weighted by Gasteiger charge is 2.36. The number of aliphatic hydroxyl groups excluding tert-OH is 1. The zero-order chi connectivity index (χ0) is 18.3. The quantitative estimate of drug-likeness (QED) is 0.271. The third-order valence-corrected chi connectivity index (χ3v) is 10.1. The van der Waals surface area contributed by atoms with E-state index in [0.717, 1.165) is 10.0 Å². The molecule has 0 saturated heterocycles. The Bertz CT molecular complexity index is 532. The predicted octanol–water partition coefficient (Wildman–Crippen LogP) is 4.96. The molecule has 0 aliphatic carbocycles.